The maximum Gasteiger partial charge on any atom is 0.0575 e. The van der Waals surface area contributed by atoms with Crippen molar-refractivity contribution in [1.29, 1.82) is 0 Å². The Kier molecular flexibility index (Phi) is 11.6. The standard InChI is InChI=1S/C18H36O/c1-2-17-19-18-15-13-11-9-7-5-3-4-6-8-10-12-14-16-18/h18H,2-17H2,1H3. The van der Waals surface area contributed by atoms with E-state index in [-0.39, 0.29) is 0 Å². The molecule has 19 heavy (non-hydrogen) atoms. The lowest BCUT2D eigenvalue weighted by atomic mass is 10.0. The quantitative estimate of drug-likeness (QED) is 0.587. The van der Waals surface area contributed by atoms with E-state index in [1.165, 1.54) is 89.9 Å². The fourth-order valence-corrected chi connectivity index (χ4v) is 3.11. The van der Waals surface area contributed by atoms with Crippen molar-refractivity contribution in [2.75, 3.05) is 6.61 Å². The second-order valence-electron chi connectivity index (χ2n) is 6.31. The SMILES string of the molecule is CCCOC1CCCCCCCCCCCCCC1. The van der Waals surface area contributed by atoms with Gasteiger partial charge in [-0.2, -0.15) is 0 Å². The summed E-state index contributed by atoms with van der Waals surface area (Å²) in [5, 5.41) is 0. The molecule has 0 aliphatic heterocycles. The van der Waals surface area contributed by atoms with Gasteiger partial charge in [0, 0.05) is 6.61 Å². The molecular formula is C18H36O. The molecule has 0 unspecified atom stereocenters. The van der Waals surface area contributed by atoms with Crippen LogP contribution in [0.25, 0.3) is 0 Å². The van der Waals surface area contributed by atoms with Gasteiger partial charge >= 0.3 is 0 Å². The highest BCUT2D eigenvalue weighted by Crippen LogP contribution is 2.18. The molecule has 1 aliphatic rings. The van der Waals surface area contributed by atoms with Crippen LogP contribution in [0, 0.1) is 0 Å². The van der Waals surface area contributed by atoms with Gasteiger partial charge in [0.1, 0.15) is 0 Å². The highest BCUT2D eigenvalue weighted by atomic mass is 16.5. The third-order valence-corrected chi connectivity index (χ3v) is 4.36. The summed E-state index contributed by atoms with van der Waals surface area (Å²) >= 11 is 0. The summed E-state index contributed by atoms with van der Waals surface area (Å²) in [5.41, 5.74) is 0. The summed E-state index contributed by atoms with van der Waals surface area (Å²) in [6.45, 7) is 3.18. The van der Waals surface area contributed by atoms with Gasteiger partial charge in [-0.1, -0.05) is 84.0 Å². The van der Waals surface area contributed by atoms with E-state index in [2.05, 4.69) is 6.92 Å². The molecule has 114 valence electrons. The predicted octanol–water partition coefficient (Wildman–Crippen LogP) is 6.26. The van der Waals surface area contributed by atoms with Gasteiger partial charge in [-0.15, -0.1) is 0 Å². The molecule has 0 aromatic carbocycles. The van der Waals surface area contributed by atoms with Crippen molar-refractivity contribution in [3.05, 3.63) is 0 Å². The molecule has 1 nitrogen and oxygen atoms in total. The molecule has 0 atom stereocenters. The fourth-order valence-electron chi connectivity index (χ4n) is 3.11. The summed E-state index contributed by atoms with van der Waals surface area (Å²) < 4.78 is 6.02. The van der Waals surface area contributed by atoms with Crippen molar-refractivity contribution in [1.82, 2.24) is 0 Å². The molecule has 0 amide bonds. The minimum absolute atomic E-state index is 0.560. The first-order valence-corrected chi connectivity index (χ1v) is 9.05. The maximum absolute atomic E-state index is 6.02. The molecule has 1 saturated carbocycles. The van der Waals surface area contributed by atoms with Crippen LogP contribution in [-0.4, -0.2) is 12.7 Å². The van der Waals surface area contributed by atoms with E-state index in [0.717, 1.165) is 13.0 Å². The Morgan fingerprint density at radius 3 is 1.37 bits per heavy atom. The van der Waals surface area contributed by atoms with Crippen molar-refractivity contribution in [2.24, 2.45) is 0 Å². The van der Waals surface area contributed by atoms with Crippen molar-refractivity contribution in [3.63, 3.8) is 0 Å². The molecule has 0 N–H and O–H groups in total. The van der Waals surface area contributed by atoms with Crippen LogP contribution in [0.1, 0.15) is 103 Å². The highest BCUT2D eigenvalue weighted by molar-refractivity contribution is 4.61. The average Bonchev–Trinajstić information content (AvgIpc) is 2.44. The van der Waals surface area contributed by atoms with Crippen molar-refractivity contribution in [3.8, 4) is 0 Å². The molecular weight excluding hydrogens is 232 g/mol. The molecule has 0 aromatic rings. The van der Waals surface area contributed by atoms with Crippen LogP contribution in [0.4, 0.5) is 0 Å². The Labute approximate surface area is 121 Å². The smallest absolute Gasteiger partial charge is 0.0575 e. The van der Waals surface area contributed by atoms with Crippen LogP contribution in [0.3, 0.4) is 0 Å². The summed E-state index contributed by atoms with van der Waals surface area (Å²) in [6, 6.07) is 0. The number of hydrogen-bond donors (Lipinski definition) is 0. The van der Waals surface area contributed by atoms with Crippen molar-refractivity contribution < 1.29 is 4.74 Å². The molecule has 1 rings (SSSR count). The van der Waals surface area contributed by atoms with Crippen LogP contribution in [0.5, 0.6) is 0 Å². The third-order valence-electron chi connectivity index (χ3n) is 4.36. The Morgan fingerprint density at radius 2 is 1.00 bits per heavy atom. The summed E-state index contributed by atoms with van der Waals surface area (Å²) in [7, 11) is 0. The predicted molar refractivity (Wildman–Crippen MR) is 84.7 cm³/mol. The molecule has 0 spiro atoms. The summed E-state index contributed by atoms with van der Waals surface area (Å²) in [4.78, 5) is 0. The second kappa shape index (κ2) is 13.0. The first kappa shape index (κ1) is 17.0. The van der Waals surface area contributed by atoms with Crippen LogP contribution in [0.2, 0.25) is 0 Å². The molecule has 1 fully saturated rings. The lowest BCUT2D eigenvalue weighted by Gasteiger charge is -2.17. The van der Waals surface area contributed by atoms with Gasteiger partial charge in [-0.3, -0.25) is 0 Å². The van der Waals surface area contributed by atoms with E-state index in [9.17, 15) is 0 Å². The van der Waals surface area contributed by atoms with Gasteiger partial charge in [-0.05, 0) is 19.3 Å². The molecule has 0 heterocycles. The van der Waals surface area contributed by atoms with Crippen LogP contribution >= 0.6 is 0 Å². The van der Waals surface area contributed by atoms with Crippen LogP contribution in [0.15, 0.2) is 0 Å². The van der Waals surface area contributed by atoms with Gasteiger partial charge < -0.3 is 4.74 Å². The van der Waals surface area contributed by atoms with Crippen molar-refractivity contribution in [2.45, 2.75) is 109 Å². The van der Waals surface area contributed by atoms with E-state index in [1.54, 1.807) is 0 Å². The zero-order valence-electron chi connectivity index (χ0n) is 13.3. The molecule has 1 aliphatic carbocycles. The monoisotopic (exact) mass is 268 g/mol. The molecule has 0 radical (unpaired) electrons. The van der Waals surface area contributed by atoms with Gasteiger partial charge in [0.15, 0.2) is 0 Å². The summed E-state index contributed by atoms with van der Waals surface area (Å²) in [6.07, 6.45) is 21.6. The normalized spacial score (nSPS) is 22.6. The topological polar surface area (TPSA) is 9.23 Å². The molecule has 0 bridgehead atoms. The Bertz CT molecular complexity index is 163. The van der Waals surface area contributed by atoms with E-state index in [1.807, 2.05) is 0 Å². The van der Waals surface area contributed by atoms with Gasteiger partial charge in [0.2, 0.25) is 0 Å². The third kappa shape index (κ3) is 10.4. The van der Waals surface area contributed by atoms with Gasteiger partial charge in [0.25, 0.3) is 0 Å². The number of ether oxygens (including phenoxy) is 1. The average molecular weight is 268 g/mol. The molecule has 0 saturated heterocycles. The Morgan fingerprint density at radius 1 is 0.632 bits per heavy atom. The van der Waals surface area contributed by atoms with E-state index < -0.39 is 0 Å². The molecule has 0 aromatic heterocycles. The van der Waals surface area contributed by atoms with Gasteiger partial charge in [-0.25, -0.2) is 0 Å². The zero-order valence-corrected chi connectivity index (χ0v) is 13.3. The first-order chi connectivity index (χ1) is 9.43. The maximum atomic E-state index is 6.02. The van der Waals surface area contributed by atoms with Crippen LogP contribution < -0.4 is 0 Å². The first-order valence-electron chi connectivity index (χ1n) is 9.05. The van der Waals surface area contributed by atoms with Crippen molar-refractivity contribution >= 4 is 0 Å². The Balaban J connectivity index is 2.21. The lowest BCUT2D eigenvalue weighted by Crippen LogP contribution is -2.13. The van der Waals surface area contributed by atoms with Gasteiger partial charge in [0.05, 0.1) is 6.10 Å². The number of rotatable bonds is 3. The highest BCUT2D eigenvalue weighted by Gasteiger charge is 2.08. The van der Waals surface area contributed by atoms with E-state index in [0.29, 0.717) is 6.10 Å². The zero-order chi connectivity index (χ0) is 13.6. The number of hydrogen-bond acceptors (Lipinski definition) is 1. The lowest BCUT2D eigenvalue weighted by molar-refractivity contribution is 0.0385. The van der Waals surface area contributed by atoms with E-state index >= 15 is 0 Å². The largest absolute Gasteiger partial charge is 0.378 e. The van der Waals surface area contributed by atoms with E-state index in [4.69, 9.17) is 4.74 Å². The molecule has 1 heteroatoms. The fraction of sp³-hybridized carbons (Fsp3) is 1.00. The minimum atomic E-state index is 0.560. The summed E-state index contributed by atoms with van der Waals surface area (Å²) in [5.74, 6) is 0. The minimum Gasteiger partial charge on any atom is -0.378 e. The second-order valence-corrected chi connectivity index (χ2v) is 6.31. The van der Waals surface area contributed by atoms with Crippen LogP contribution in [-0.2, 0) is 4.74 Å². The Hall–Kier alpha value is -0.0400.